The van der Waals surface area contributed by atoms with Crippen LogP contribution >= 0.6 is 35.3 Å². The highest BCUT2D eigenvalue weighted by molar-refractivity contribution is 14.0. The largest absolute Gasteiger partial charge is 0.492 e. The number of aryl methyl sites for hydroxylation is 1. The number of nitrogens with zero attached hydrogens (tertiary/aromatic N) is 2. The maximum atomic E-state index is 13.1. The first-order valence-corrected chi connectivity index (χ1v) is 8.97. The van der Waals surface area contributed by atoms with Gasteiger partial charge in [-0.1, -0.05) is 6.92 Å². The van der Waals surface area contributed by atoms with Crippen LogP contribution in [0.15, 0.2) is 29.4 Å². The first-order chi connectivity index (χ1) is 12.1. The normalized spacial score (nSPS) is 11.0. The van der Waals surface area contributed by atoms with Crippen molar-refractivity contribution < 1.29 is 13.5 Å². The van der Waals surface area contributed by atoms with Gasteiger partial charge in [0.2, 0.25) is 0 Å². The Labute approximate surface area is 173 Å². The number of hydrogen-bond donors (Lipinski definition) is 2. The van der Waals surface area contributed by atoms with Crippen molar-refractivity contribution in [3.63, 3.8) is 0 Å². The van der Waals surface area contributed by atoms with Crippen molar-refractivity contribution in [1.29, 1.82) is 0 Å². The first kappa shape index (κ1) is 22.6. The van der Waals surface area contributed by atoms with E-state index >= 15 is 0 Å². The Hall–Kier alpha value is -1.49. The van der Waals surface area contributed by atoms with Gasteiger partial charge in [-0.05, 0) is 25.5 Å². The van der Waals surface area contributed by atoms with E-state index < -0.39 is 11.6 Å². The summed E-state index contributed by atoms with van der Waals surface area (Å²) in [4.78, 5) is 10.1. The number of rotatable bonds is 8. The number of thiazole rings is 1. The van der Waals surface area contributed by atoms with Crippen molar-refractivity contribution in [3.8, 4) is 5.75 Å². The molecule has 0 aliphatic carbocycles. The van der Waals surface area contributed by atoms with E-state index in [2.05, 4.69) is 27.5 Å². The number of benzene rings is 1. The fourth-order valence-corrected chi connectivity index (χ4v) is 2.76. The van der Waals surface area contributed by atoms with Crippen LogP contribution in [0, 0.1) is 11.6 Å². The van der Waals surface area contributed by atoms with Crippen LogP contribution in [0.4, 0.5) is 8.78 Å². The molecule has 0 spiro atoms. The average molecular weight is 496 g/mol. The molecule has 0 fully saturated rings. The lowest BCUT2D eigenvalue weighted by Crippen LogP contribution is -2.39. The van der Waals surface area contributed by atoms with E-state index in [0.717, 1.165) is 30.1 Å². The summed E-state index contributed by atoms with van der Waals surface area (Å²) in [5, 5.41) is 7.24. The molecule has 9 heteroatoms. The Morgan fingerprint density at radius 2 is 2.04 bits per heavy atom. The molecule has 2 aromatic rings. The van der Waals surface area contributed by atoms with Crippen LogP contribution in [0.25, 0.3) is 0 Å². The number of guanidine groups is 1. The molecule has 0 aliphatic rings. The Kier molecular flexibility index (Phi) is 10.4. The van der Waals surface area contributed by atoms with Crippen molar-refractivity contribution in [1.82, 2.24) is 15.6 Å². The van der Waals surface area contributed by atoms with E-state index in [4.69, 9.17) is 4.74 Å². The third-order valence-corrected chi connectivity index (χ3v) is 4.35. The summed E-state index contributed by atoms with van der Waals surface area (Å²) in [5.74, 6) is -0.863. The Morgan fingerprint density at radius 1 is 1.23 bits per heavy atom. The topological polar surface area (TPSA) is 58.5 Å². The standard InChI is InChI=1S/C17H22F2N4OS.HI/c1-3-13-10-22-16(25-13)11-23-17(20-4-2)21-7-8-24-12-5-6-14(18)15(19)9-12;/h5-6,9-10H,3-4,7-8,11H2,1-2H3,(H2,20,21,23);1H. The number of aliphatic imine (C=N–C) groups is 1. The lowest BCUT2D eigenvalue weighted by molar-refractivity contribution is 0.318. The number of halogens is 3. The smallest absolute Gasteiger partial charge is 0.191 e. The van der Waals surface area contributed by atoms with Gasteiger partial charge >= 0.3 is 0 Å². The maximum absolute atomic E-state index is 13.1. The highest BCUT2D eigenvalue weighted by atomic mass is 127. The van der Waals surface area contributed by atoms with Crippen molar-refractivity contribution in [2.45, 2.75) is 26.8 Å². The minimum Gasteiger partial charge on any atom is -0.492 e. The van der Waals surface area contributed by atoms with E-state index in [1.807, 2.05) is 13.1 Å². The predicted molar refractivity (Wildman–Crippen MR) is 112 cm³/mol. The fourth-order valence-electron chi connectivity index (χ4n) is 1.98. The summed E-state index contributed by atoms with van der Waals surface area (Å²) < 4.78 is 31.3. The van der Waals surface area contributed by atoms with Crippen LogP contribution in [-0.2, 0) is 13.0 Å². The number of ether oxygens (including phenoxy) is 1. The molecule has 0 radical (unpaired) electrons. The molecule has 0 aliphatic heterocycles. The number of nitrogens with one attached hydrogen (secondary N) is 2. The fraction of sp³-hybridized carbons (Fsp3) is 0.412. The van der Waals surface area contributed by atoms with E-state index in [1.165, 1.54) is 10.9 Å². The zero-order chi connectivity index (χ0) is 18.1. The van der Waals surface area contributed by atoms with Crippen LogP contribution in [0.5, 0.6) is 5.75 Å². The molecule has 0 unspecified atom stereocenters. The summed E-state index contributed by atoms with van der Waals surface area (Å²) in [6.45, 7) is 6.08. The number of hydrogen-bond acceptors (Lipinski definition) is 4. The average Bonchev–Trinajstić information content (AvgIpc) is 3.07. The first-order valence-electron chi connectivity index (χ1n) is 8.16. The van der Waals surface area contributed by atoms with Gasteiger partial charge in [-0.2, -0.15) is 0 Å². The second-order valence-corrected chi connectivity index (χ2v) is 6.32. The van der Waals surface area contributed by atoms with Gasteiger partial charge in [-0.3, -0.25) is 0 Å². The summed E-state index contributed by atoms with van der Waals surface area (Å²) in [5.41, 5.74) is 0. The molecule has 26 heavy (non-hydrogen) atoms. The SMILES string of the molecule is CCNC(=NCc1ncc(CC)s1)NCCOc1ccc(F)c(F)c1.I. The lowest BCUT2D eigenvalue weighted by Gasteiger charge is -2.12. The monoisotopic (exact) mass is 496 g/mol. The molecule has 0 saturated carbocycles. The zero-order valence-corrected chi connectivity index (χ0v) is 17.9. The van der Waals surface area contributed by atoms with Crippen molar-refractivity contribution in [2.24, 2.45) is 4.99 Å². The van der Waals surface area contributed by atoms with Crippen LogP contribution in [0.3, 0.4) is 0 Å². The highest BCUT2D eigenvalue weighted by Crippen LogP contribution is 2.15. The molecule has 0 amide bonds. The molecule has 1 heterocycles. The zero-order valence-electron chi connectivity index (χ0n) is 14.7. The second kappa shape index (κ2) is 12.0. The molecule has 144 valence electrons. The Bertz CT molecular complexity index is 712. The van der Waals surface area contributed by atoms with Gasteiger partial charge in [0.15, 0.2) is 17.6 Å². The van der Waals surface area contributed by atoms with Crippen LogP contribution < -0.4 is 15.4 Å². The van der Waals surface area contributed by atoms with E-state index in [9.17, 15) is 8.78 Å². The molecular weight excluding hydrogens is 473 g/mol. The van der Waals surface area contributed by atoms with Gasteiger partial charge in [-0.15, -0.1) is 35.3 Å². The molecule has 0 bridgehead atoms. The maximum Gasteiger partial charge on any atom is 0.191 e. The molecule has 5 nitrogen and oxygen atoms in total. The second-order valence-electron chi connectivity index (χ2n) is 5.12. The van der Waals surface area contributed by atoms with Crippen molar-refractivity contribution in [3.05, 3.63) is 45.9 Å². The summed E-state index contributed by atoms with van der Waals surface area (Å²) >= 11 is 1.66. The van der Waals surface area contributed by atoms with Crippen LogP contribution in [0.1, 0.15) is 23.7 Å². The minimum atomic E-state index is -0.921. The van der Waals surface area contributed by atoms with Gasteiger partial charge < -0.3 is 15.4 Å². The quantitative estimate of drug-likeness (QED) is 0.253. The molecular formula is C17H23F2IN4OS. The Morgan fingerprint density at radius 3 is 2.69 bits per heavy atom. The van der Waals surface area contributed by atoms with Gasteiger partial charge in [0.1, 0.15) is 17.4 Å². The molecule has 0 atom stereocenters. The van der Waals surface area contributed by atoms with Crippen molar-refractivity contribution in [2.75, 3.05) is 19.7 Å². The van der Waals surface area contributed by atoms with E-state index in [0.29, 0.717) is 25.7 Å². The Balaban J connectivity index is 0.00000338. The predicted octanol–water partition coefficient (Wildman–Crippen LogP) is 3.74. The molecule has 2 rings (SSSR count). The molecule has 1 aromatic heterocycles. The minimum absolute atomic E-state index is 0. The molecule has 1 aromatic carbocycles. The summed E-state index contributed by atoms with van der Waals surface area (Å²) in [7, 11) is 0. The highest BCUT2D eigenvalue weighted by Gasteiger charge is 2.04. The molecule has 0 saturated heterocycles. The van der Waals surface area contributed by atoms with E-state index in [-0.39, 0.29) is 29.7 Å². The lowest BCUT2D eigenvalue weighted by atomic mass is 10.3. The summed E-state index contributed by atoms with van der Waals surface area (Å²) in [6, 6.07) is 3.47. The van der Waals surface area contributed by atoms with Gasteiger partial charge in [0.25, 0.3) is 0 Å². The van der Waals surface area contributed by atoms with Gasteiger partial charge in [0, 0.05) is 23.7 Å². The third-order valence-electron chi connectivity index (χ3n) is 3.22. The van der Waals surface area contributed by atoms with E-state index in [1.54, 1.807) is 11.3 Å². The van der Waals surface area contributed by atoms with Gasteiger partial charge in [-0.25, -0.2) is 18.8 Å². The van der Waals surface area contributed by atoms with Crippen LogP contribution in [0.2, 0.25) is 0 Å². The third kappa shape index (κ3) is 7.40. The van der Waals surface area contributed by atoms with Crippen LogP contribution in [-0.4, -0.2) is 30.6 Å². The summed E-state index contributed by atoms with van der Waals surface area (Å²) in [6.07, 6.45) is 2.85. The number of aromatic nitrogens is 1. The van der Waals surface area contributed by atoms with Crippen molar-refractivity contribution >= 4 is 41.3 Å². The van der Waals surface area contributed by atoms with Gasteiger partial charge in [0.05, 0.1) is 13.1 Å². The molecule has 2 N–H and O–H groups in total.